The van der Waals surface area contributed by atoms with E-state index in [0.29, 0.717) is 0 Å². The number of aryl methyl sites for hydroxylation is 1. The molecule has 0 bridgehead atoms. The van der Waals surface area contributed by atoms with Gasteiger partial charge in [0.2, 0.25) is 0 Å². The molecule has 0 amide bonds. The van der Waals surface area contributed by atoms with Crippen LogP contribution in [0.4, 0.5) is 0 Å². The minimum atomic E-state index is -1.39. The van der Waals surface area contributed by atoms with Crippen molar-refractivity contribution in [2.75, 3.05) is 14.2 Å². The number of carbonyl (C=O) groups is 2. The molecule has 1 aliphatic rings. The van der Waals surface area contributed by atoms with Crippen LogP contribution in [0, 0.1) is 12.3 Å². The summed E-state index contributed by atoms with van der Waals surface area (Å²) in [5.41, 5.74) is 4.05. The Morgan fingerprint density at radius 3 is 2.28 bits per heavy atom. The lowest BCUT2D eigenvalue weighted by Gasteiger charge is -2.34. The molecule has 6 heteroatoms. The lowest BCUT2D eigenvalue weighted by atomic mass is 9.70. The van der Waals surface area contributed by atoms with Crippen LogP contribution in [0.25, 0.3) is 22.2 Å². The second-order valence-electron chi connectivity index (χ2n) is 7.35. The summed E-state index contributed by atoms with van der Waals surface area (Å²) in [6, 6.07) is 13.8. The third kappa shape index (κ3) is 3.12. The monoisotopic (exact) mass is 453 g/mol. The fourth-order valence-corrected chi connectivity index (χ4v) is 4.44. The number of benzene rings is 2. The molecule has 4 rings (SSSR count). The van der Waals surface area contributed by atoms with Gasteiger partial charge in [0.15, 0.2) is 5.41 Å². The van der Waals surface area contributed by atoms with Crippen molar-refractivity contribution < 1.29 is 19.1 Å². The Balaban J connectivity index is 1.97. The first kappa shape index (κ1) is 19.6. The third-order valence-electron chi connectivity index (χ3n) is 5.66. The lowest BCUT2D eigenvalue weighted by Crippen LogP contribution is -2.46. The summed E-state index contributed by atoms with van der Waals surface area (Å²) in [6.07, 6.45) is 0.452. The Kier molecular flexibility index (Phi) is 4.90. The van der Waals surface area contributed by atoms with Gasteiger partial charge in [0.05, 0.1) is 25.4 Å². The minimum Gasteiger partial charge on any atom is -0.468 e. The number of aromatic nitrogens is 1. The van der Waals surface area contributed by atoms with Gasteiger partial charge < -0.3 is 9.47 Å². The molecule has 2 aromatic carbocycles. The highest BCUT2D eigenvalue weighted by Gasteiger charge is 2.51. The summed E-state index contributed by atoms with van der Waals surface area (Å²) in [5, 5.41) is 1.01. The van der Waals surface area contributed by atoms with E-state index in [0.717, 1.165) is 43.3 Å². The number of pyridine rings is 1. The number of hydrogen-bond acceptors (Lipinski definition) is 5. The van der Waals surface area contributed by atoms with E-state index in [1.807, 2.05) is 49.4 Å². The molecular weight excluding hydrogens is 434 g/mol. The average Bonchev–Trinajstić information content (AvgIpc) is 2.74. The van der Waals surface area contributed by atoms with Crippen LogP contribution < -0.4 is 0 Å². The molecule has 5 nitrogen and oxygen atoms in total. The highest BCUT2D eigenvalue weighted by molar-refractivity contribution is 9.10. The Labute approximate surface area is 177 Å². The molecule has 0 saturated carbocycles. The van der Waals surface area contributed by atoms with Crippen LogP contribution in [0.5, 0.6) is 0 Å². The Bertz CT molecular complexity index is 1120. The van der Waals surface area contributed by atoms with Crippen LogP contribution in [-0.4, -0.2) is 31.1 Å². The molecule has 0 fully saturated rings. The lowest BCUT2D eigenvalue weighted by molar-refractivity contribution is -0.169. The first-order valence-electron chi connectivity index (χ1n) is 9.24. The molecular formula is C23H20BrNO4. The summed E-state index contributed by atoms with van der Waals surface area (Å²) >= 11 is 3.45. The van der Waals surface area contributed by atoms with Gasteiger partial charge in [-0.05, 0) is 47.9 Å². The van der Waals surface area contributed by atoms with Crippen LogP contribution in [0.1, 0.15) is 16.7 Å². The van der Waals surface area contributed by atoms with E-state index in [9.17, 15) is 9.59 Å². The fourth-order valence-electron chi connectivity index (χ4n) is 4.18. The number of ether oxygens (including phenoxy) is 2. The van der Waals surface area contributed by atoms with E-state index in [1.54, 1.807) is 0 Å². The number of nitrogens with zero attached hydrogens (tertiary/aromatic N) is 1. The van der Waals surface area contributed by atoms with Gasteiger partial charge in [-0.2, -0.15) is 0 Å². The van der Waals surface area contributed by atoms with E-state index in [-0.39, 0.29) is 12.8 Å². The van der Waals surface area contributed by atoms with Crippen LogP contribution in [0.15, 0.2) is 46.9 Å². The number of esters is 2. The van der Waals surface area contributed by atoms with Crippen molar-refractivity contribution >= 4 is 38.8 Å². The van der Waals surface area contributed by atoms with Crippen LogP contribution in [0.2, 0.25) is 0 Å². The van der Waals surface area contributed by atoms with Crippen LogP contribution >= 0.6 is 15.9 Å². The van der Waals surface area contributed by atoms with E-state index in [4.69, 9.17) is 14.5 Å². The predicted molar refractivity (Wildman–Crippen MR) is 113 cm³/mol. The molecule has 0 aliphatic heterocycles. The summed E-state index contributed by atoms with van der Waals surface area (Å²) in [6.45, 7) is 1.98. The van der Waals surface area contributed by atoms with Crippen LogP contribution in [-0.2, 0) is 31.9 Å². The van der Waals surface area contributed by atoms with Gasteiger partial charge in [-0.1, -0.05) is 34.1 Å². The second kappa shape index (κ2) is 7.26. The zero-order chi connectivity index (χ0) is 20.8. The SMILES string of the molecule is COC(=O)C1(C(=O)OC)Cc2cc(-c3ccc(Br)cc3)nc3ccc(C)c(c23)C1. The fraction of sp³-hybridized carbons (Fsp3) is 0.261. The molecule has 1 heterocycles. The maximum absolute atomic E-state index is 12.8. The van der Waals surface area contributed by atoms with E-state index < -0.39 is 17.4 Å². The van der Waals surface area contributed by atoms with Gasteiger partial charge >= 0.3 is 11.9 Å². The summed E-state index contributed by atoms with van der Waals surface area (Å²) in [5.74, 6) is -1.15. The molecule has 1 aliphatic carbocycles. The first-order valence-corrected chi connectivity index (χ1v) is 10.0. The van der Waals surface area contributed by atoms with Crippen molar-refractivity contribution in [3.05, 3.63) is 63.6 Å². The van der Waals surface area contributed by atoms with Crippen molar-refractivity contribution in [1.29, 1.82) is 0 Å². The van der Waals surface area contributed by atoms with Gasteiger partial charge in [-0.15, -0.1) is 0 Å². The summed E-state index contributed by atoms with van der Waals surface area (Å²) in [4.78, 5) is 30.4. The van der Waals surface area contributed by atoms with E-state index in [1.165, 1.54) is 14.2 Å². The molecule has 148 valence electrons. The Hall–Kier alpha value is -2.73. The number of methoxy groups -OCH3 is 2. The average molecular weight is 454 g/mol. The molecule has 0 radical (unpaired) electrons. The van der Waals surface area contributed by atoms with Gasteiger partial charge in [0.1, 0.15) is 0 Å². The number of rotatable bonds is 3. The second-order valence-corrected chi connectivity index (χ2v) is 8.26. The van der Waals surface area contributed by atoms with Crippen molar-refractivity contribution in [3.8, 4) is 11.3 Å². The highest BCUT2D eigenvalue weighted by atomic mass is 79.9. The van der Waals surface area contributed by atoms with E-state index in [2.05, 4.69) is 15.9 Å². The molecule has 0 N–H and O–H groups in total. The topological polar surface area (TPSA) is 65.5 Å². The smallest absolute Gasteiger partial charge is 0.323 e. The predicted octanol–water partition coefficient (Wildman–Crippen LogP) is 4.40. The molecule has 29 heavy (non-hydrogen) atoms. The van der Waals surface area contributed by atoms with Gasteiger partial charge in [0, 0.05) is 28.3 Å². The normalized spacial score (nSPS) is 14.5. The quantitative estimate of drug-likeness (QED) is 0.434. The Morgan fingerprint density at radius 1 is 1.00 bits per heavy atom. The standard InChI is InChI=1S/C23H20BrNO4/c1-13-4-9-18-20-15(10-19(25-18)14-5-7-16(24)8-6-14)11-23(12-17(13)20,21(26)28-2)22(27)29-3/h4-10H,11-12H2,1-3H3. The highest BCUT2D eigenvalue weighted by Crippen LogP contribution is 2.42. The zero-order valence-corrected chi connectivity index (χ0v) is 18.0. The van der Waals surface area contributed by atoms with Crippen molar-refractivity contribution in [2.45, 2.75) is 19.8 Å². The Morgan fingerprint density at radius 2 is 1.66 bits per heavy atom. The maximum Gasteiger partial charge on any atom is 0.323 e. The van der Waals surface area contributed by atoms with Crippen molar-refractivity contribution in [2.24, 2.45) is 5.41 Å². The zero-order valence-electron chi connectivity index (χ0n) is 16.4. The molecule has 3 aromatic rings. The van der Waals surface area contributed by atoms with Gasteiger partial charge in [-0.3, -0.25) is 9.59 Å². The third-order valence-corrected chi connectivity index (χ3v) is 6.19. The van der Waals surface area contributed by atoms with E-state index >= 15 is 0 Å². The van der Waals surface area contributed by atoms with Gasteiger partial charge in [0.25, 0.3) is 0 Å². The number of halogens is 1. The summed E-state index contributed by atoms with van der Waals surface area (Å²) in [7, 11) is 2.60. The molecule has 0 atom stereocenters. The summed E-state index contributed by atoms with van der Waals surface area (Å²) < 4.78 is 11.1. The molecule has 0 unspecified atom stereocenters. The maximum atomic E-state index is 12.8. The minimum absolute atomic E-state index is 0.214. The number of carbonyl (C=O) groups excluding carboxylic acids is 2. The van der Waals surface area contributed by atoms with Crippen molar-refractivity contribution in [1.82, 2.24) is 4.98 Å². The van der Waals surface area contributed by atoms with Crippen molar-refractivity contribution in [3.63, 3.8) is 0 Å². The molecule has 0 spiro atoms. The molecule has 0 saturated heterocycles. The largest absolute Gasteiger partial charge is 0.468 e. The first-order chi connectivity index (χ1) is 13.9. The van der Waals surface area contributed by atoms with Gasteiger partial charge in [-0.25, -0.2) is 4.98 Å². The van der Waals surface area contributed by atoms with Crippen LogP contribution in [0.3, 0.4) is 0 Å². The number of hydrogen-bond donors (Lipinski definition) is 0. The molecule has 1 aromatic heterocycles.